The third-order valence-corrected chi connectivity index (χ3v) is 6.96. The molecule has 3 aromatic heterocycles. The molecule has 0 bridgehead atoms. The molecule has 1 aromatic carbocycles. The Hall–Kier alpha value is -3.94. The number of fused-ring (bicyclic) bond motifs is 1. The number of nitrogens with zero attached hydrogens (tertiary/aromatic N) is 2. The second-order valence-electron chi connectivity index (χ2n) is 7.59. The highest BCUT2D eigenvalue weighted by Gasteiger charge is 2.32. The first-order valence-corrected chi connectivity index (χ1v) is 11.9. The van der Waals surface area contributed by atoms with Crippen LogP contribution in [0.15, 0.2) is 69.2 Å². The van der Waals surface area contributed by atoms with Crippen molar-refractivity contribution in [3.63, 3.8) is 0 Å². The van der Waals surface area contributed by atoms with Gasteiger partial charge in [-0.05, 0) is 30.3 Å². The highest BCUT2D eigenvalue weighted by molar-refractivity contribution is 7.91. The minimum absolute atomic E-state index is 0.154. The van der Waals surface area contributed by atoms with Gasteiger partial charge in [0.2, 0.25) is 11.3 Å². The summed E-state index contributed by atoms with van der Waals surface area (Å²) in [5.41, 5.74) is -2.45. The predicted molar refractivity (Wildman–Crippen MR) is 118 cm³/mol. The SMILES string of the molecule is CCS(=O)(=O)c1cc(-c2ccc(OC(F)(F)F)nc2)cnc1-c1coc2cc(C(F)(F)F)ccc2c1=O. The highest BCUT2D eigenvalue weighted by atomic mass is 32.2. The maximum Gasteiger partial charge on any atom is 0.574 e. The van der Waals surface area contributed by atoms with E-state index < -0.39 is 45.0 Å². The molecule has 37 heavy (non-hydrogen) atoms. The molecule has 0 fully saturated rings. The van der Waals surface area contributed by atoms with Crippen LogP contribution >= 0.6 is 0 Å². The maximum absolute atomic E-state index is 13.1. The topological polar surface area (TPSA) is 99.4 Å². The summed E-state index contributed by atoms with van der Waals surface area (Å²) in [5.74, 6) is -1.13. The number of alkyl halides is 6. The largest absolute Gasteiger partial charge is 0.574 e. The summed E-state index contributed by atoms with van der Waals surface area (Å²) in [5, 5.41) is -0.222. The summed E-state index contributed by atoms with van der Waals surface area (Å²) in [4.78, 5) is 20.3. The van der Waals surface area contributed by atoms with Crippen LogP contribution in [-0.2, 0) is 16.0 Å². The minimum Gasteiger partial charge on any atom is -0.463 e. The van der Waals surface area contributed by atoms with Gasteiger partial charge in [0.15, 0.2) is 9.84 Å². The Morgan fingerprint density at radius 3 is 2.24 bits per heavy atom. The molecule has 0 saturated heterocycles. The smallest absolute Gasteiger partial charge is 0.463 e. The molecule has 0 spiro atoms. The molecule has 0 amide bonds. The second-order valence-corrected chi connectivity index (χ2v) is 9.84. The predicted octanol–water partition coefficient (Wildman–Crippen LogP) is 5.63. The number of hydrogen-bond acceptors (Lipinski definition) is 7. The molecule has 4 aromatic rings. The van der Waals surface area contributed by atoms with E-state index in [0.717, 1.165) is 24.6 Å². The van der Waals surface area contributed by atoms with E-state index in [1.807, 2.05) is 0 Å². The number of benzene rings is 1. The molecule has 0 N–H and O–H groups in total. The number of rotatable bonds is 5. The molecular weight excluding hydrogens is 530 g/mol. The Kier molecular flexibility index (Phi) is 6.48. The van der Waals surface area contributed by atoms with Gasteiger partial charge in [0.25, 0.3) is 0 Å². The molecule has 4 rings (SSSR count). The molecule has 14 heteroatoms. The lowest BCUT2D eigenvalue weighted by atomic mass is 10.1. The van der Waals surface area contributed by atoms with Crippen molar-refractivity contribution < 1.29 is 43.9 Å². The van der Waals surface area contributed by atoms with Gasteiger partial charge in [-0.2, -0.15) is 13.2 Å². The van der Waals surface area contributed by atoms with E-state index in [2.05, 4.69) is 14.7 Å². The molecule has 0 aliphatic rings. The summed E-state index contributed by atoms with van der Waals surface area (Å²) in [6.45, 7) is 1.35. The third kappa shape index (κ3) is 5.43. The maximum atomic E-state index is 13.1. The highest BCUT2D eigenvalue weighted by Crippen LogP contribution is 2.33. The molecule has 3 heterocycles. The van der Waals surface area contributed by atoms with E-state index >= 15 is 0 Å². The lowest BCUT2D eigenvalue weighted by molar-refractivity contribution is -0.276. The summed E-state index contributed by atoms with van der Waals surface area (Å²) >= 11 is 0. The first kappa shape index (κ1) is 26.1. The fourth-order valence-corrected chi connectivity index (χ4v) is 4.47. The van der Waals surface area contributed by atoms with Crippen LogP contribution in [0.5, 0.6) is 5.88 Å². The van der Waals surface area contributed by atoms with Crippen molar-refractivity contribution in [1.29, 1.82) is 0 Å². The van der Waals surface area contributed by atoms with Crippen LogP contribution in [0.4, 0.5) is 26.3 Å². The van der Waals surface area contributed by atoms with Gasteiger partial charge >= 0.3 is 12.5 Å². The summed E-state index contributed by atoms with van der Waals surface area (Å²) < 4.78 is 111. The molecule has 7 nitrogen and oxygen atoms in total. The normalized spacial score (nSPS) is 12.6. The van der Waals surface area contributed by atoms with Crippen molar-refractivity contribution in [2.24, 2.45) is 0 Å². The van der Waals surface area contributed by atoms with Crippen LogP contribution in [0.25, 0.3) is 33.4 Å². The van der Waals surface area contributed by atoms with Gasteiger partial charge in [0.1, 0.15) is 11.8 Å². The Morgan fingerprint density at radius 2 is 1.65 bits per heavy atom. The number of ether oxygens (including phenoxy) is 1. The van der Waals surface area contributed by atoms with E-state index in [1.165, 1.54) is 25.3 Å². The van der Waals surface area contributed by atoms with E-state index in [0.29, 0.717) is 12.1 Å². The molecule has 0 unspecified atom stereocenters. The molecule has 194 valence electrons. The van der Waals surface area contributed by atoms with Crippen molar-refractivity contribution >= 4 is 20.8 Å². The Morgan fingerprint density at radius 1 is 0.946 bits per heavy atom. The van der Waals surface area contributed by atoms with Crippen LogP contribution in [0.3, 0.4) is 0 Å². The number of aromatic nitrogens is 2. The monoisotopic (exact) mass is 544 g/mol. The molecule has 0 saturated carbocycles. The van der Waals surface area contributed by atoms with Crippen molar-refractivity contribution in [3.05, 3.63) is 70.8 Å². The first-order chi connectivity index (χ1) is 17.2. The van der Waals surface area contributed by atoms with Crippen molar-refractivity contribution in [2.45, 2.75) is 24.4 Å². The summed E-state index contributed by atoms with van der Waals surface area (Å²) in [6, 6.07) is 5.57. The van der Waals surface area contributed by atoms with Crippen molar-refractivity contribution in [3.8, 4) is 28.3 Å². The molecule has 0 aliphatic heterocycles. The molecule has 0 atom stereocenters. The van der Waals surface area contributed by atoms with Crippen LogP contribution in [0.1, 0.15) is 12.5 Å². The van der Waals surface area contributed by atoms with Gasteiger partial charge < -0.3 is 9.15 Å². The fourth-order valence-electron chi connectivity index (χ4n) is 3.40. The lowest BCUT2D eigenvalue weighted by Gasteiger charge is -2.12. The quantitative estimate of drug-likeness (QED) is 0.301. The van der Waals surface area contributed by atoms with Gasteiger partial charge in [-0.1, -0.05) is 6.92 Å². The van der Waals surface area contributed by atoms with E-state index in [9.17, 15) is 39.6 Å². The Balaban J connectivity index is 1.84. The van der Waals surface area contributed by atoms with Crippen LogP contribution in [-0.4, -0.2) is 30.5 Å². The number of halogens is 6. The first-order valence-electron chi connectivity index (χ1n) is 10.3. The van der Waals surface area contributed by atoms with E-state index in [4.69, 9.17) is 4.42 Å². The molecular formula is C23H14F6N2O5S. The fraction of sp³-hybridized carbons (Fsp3) is 0.174. The van der Waals surface area contributed by atoms with Gasteiger partial charge in [0, 0.05) is 29.6 Å². The average molecular weight is 544 g/mol. The van der Waals surface area contributed by atoms with Crippen molar-refractivity contribution in [2.75, 3.05) is 5.75 Å². The van der Waals surface area contributed by atoms with E-state index in [1.54, 1.807) is 0 Å². The number of hydrogen-bond donors (Lipinski definition) is 0. The summed E-state index contributed by atoms with van der Waals surface area (Å²) in [6.07, 6.45) is -6.61. The van der Waals surface area contributed by atoms with E-state index in [-0.39, 0.29) is 38.2 Å². The zero-order valence-electron chi connectivity index (χ0n) is 18.5. The zero-order chi connectivity index (χ0) is 27.2. The average Bonchev–Trinajstić information content (AvgIpc) is 2.83. The molecule has 0 aliphatic carbocycles. The van der Waals surface area contributed by atoms with Gasteiger partial charge in [-0.25, -0.2) is 13.4 Å². The second kappa shape index (κ2) is 9.18. The van der Waals surface area contributed by atoms with Gasteiger partial charge in [-0.15, -0.1) is 13.2 Å². The number of pyridine rings is 2. The third-order valence-electron chi connectivity index (χ3n) is 5.21. The summed E-state index contributed by atoms with van der Waals surface area (Å²) in [7, 11) is -4.02. The minimum atomic E-state index is -4.95. The van der Waals surface area contributed by atoms with Gasteiger partial charge in [0.05, 0.1) is 32.9 Å². The standard InChI is InChI=1S/C23H14F6N2O5S/c1-2-37(33,34)18-7-13(12-3-6-19(30-9-12)36-23(27,28)29)10-31-20(18)16-11-35-17-8-14(22(24,25)26)4-5-15(17)21(16)32/h3-11H,2H2,1H3. The lowest BCUT2D eigenvalue weighted by Crippen LogP contribution is -2.17. The number of sulfone groups is 1. The van der Waals surface area contributed by atoms with Crippen LogP contribution in [0, 0.1) is 0 Å². The van der Waals surface area contributed by atoms with Gasteiger partial charge in [-0.3, -0.25) is 9.78 Å². The van der Waals surface area contributed by atoms with Crippen LogP contribution < -0.4 is 10.2 Å². The Bertz CT molecular complexity index is 1650. The van der Waals surface area contributed by atoms with Crippen LogP contribution in [0.2, 0.25) is 0 Å². The Labute approximate surface area is 204 Å². The zero-order valence-corrected chi connectivity index (χ0v) is 19.3. The molecule has 0 radical (unpaired) electrons. The van der Waals surface area contributed by atoms with Crippen molar-refractivity contribution in [1.82, 2.24) is 9.97 Å².